The fourth-order valence-corrected chi connectivity index (χ4v) is 1.99. The van der Waals surface area contributed by atoms with Crippen LogP contribution in [0.3, 0.4) is 0 Å². The summed E-state index contributed by atoms with van der Waals surface area (Å²) in [6.45, 7) is 2.23. The van der Waals surface area contributed by atoms with Gasteiger partial charge in [0.25, 0.3) is 0 Å². The van der Waals surface area contributed by atoms with Crippen molar-refractivity contribution in [1.29, 1.82) is 0 Å². The maximum absolute atomic E-state index is 11.9. The molecule has 0 heterocycles. The lowest BCUT2D eigenvalue weighted by Crippen LogP contribution is -2.39. The topological polar surface area (TPSA) is 59.6 Å². The fraction of sp³-hybridized carbons (Fsp3) is 0.235. The van der Waals surface area contributed by atoms with Crippen LogP contribution in [0.4, 0.5) is 10.5 Å². The maximum Gasteiger partial charge on any atom is 0.319 e. The molecule has 5 nitrogen and oxygen atoms in total. The van der Waals surface area contributed by atoms with Crippen molar-refractivity contribution in [3.8, 4) is 11.5 Å². The first-order chi connectivity index (χ1) is 11.1. The Morgan fingerprint density at radius 2 is 1.70 bits per heavy atom. The minimum absolute atomic E-state index is 0.149. The van der Waals surface area contributed by atoms with Gasteiger partial charge in [-0.3, -0.25) is 0 Å². The first-order valence-corrected chi connectivity index (χ1v) is 7.54. The van der Waals surface area contributed by atoms with Crippen LogP contribution < -0.4 is 20.1 Å². The second-order valence-corrected chi connectivity index (χ2v) is 5.43. The van der Waals surface area contributed by atoms with E-state index in [0.717, 1.165) is 11.5 Å². The Labute approximate surface area is 140 Å². The van der Waals surface area contributed by atoms with Crippen molar-refractivity contribution < 1.29 is 14.3 Å². The Morgan fingerprint density at radius 1 is 1.09 bits per heavy atom. The first kappa shape index (κ1) is 17.0. The molecule has 0 aliphatic carbocycles. The quantitative estimate of drug-likeness (QED) is 0.841. The van der Waals surface area contributed by atoms with Crippen LogP contribution in [0, 0.1) is 0 Å². The highest BCUT2D eigenvalue weighted by atomic mass is 35.5. The molecule has 2 amide bonds. The molecule has 1 atom stereocenters. The molecule has 0 aromatic heterocycles. The smallest absolute Gasteiger partial charge is 0.319 e. The summed E-state index contributed by atoms with van der Waals surface area (Å²) in [6.07, 6.45) is 0. The lowest BCUT2D eigenvalue weighted by atomic mass is 10.3. The van der Waals surface area contributed by atoms with Gasteiger partial charge in [-0.2, -0.15) is 0 Å². The third-order valence-corrected chi connectivity index (χ3v) is 3.29. The van der Waals surface area contributed by atoms with E-state index in [1.165, 1.54) is 0 Å². The number of nitrogens with one attached hydrogen (secondary N) is 2. The summed E-state index contributed by atoms with van der Waals surface area (Å²) in [6, 6.07) is 13.7. The molecule has 0 saturated carbocycles. The van der Waals surface area contributed by atoms with Gasteiger partial charge in [0.1, 0.15) is 18.1 Å². The molecule has 23 heavy (non-hydrogen) atoms. The van der Waals surface area contributed by atoms with Crippen molar-refractivity contribution in [2.45, 2.75) is 13.0 Å². The van der Waals surface area contributed by atoms with Crippen LogP contribution in [-0.2, 0) is 0 Å². The van der Waals surface area contributed by atoms with Gasteiger partial charge in [-0.05, 0) is 55.5 Å². The number of methoxy groups -OCH3 is 1. The lowest BCUT2D eigenvalue weighted by molar-refractivity contribution is 0.236. The molecule has 0 aliphatic heterocycles. The minimum Gasteiger partial charge on any atom is -0.497 e. The zero-order chi connectivity index (χ0) is 16.7. The molecule has 0 saturated heterocycles. The molecule has 0 radical (unpaired) electrons. The Bertz CT molecular complexity index is 629. The van der Waals surface area contributed by atoms with Gasteiger partial charge in [-0.1, -0.05) is 11.6 Å². The second kappa shape index (κ2) is 8.29. The lowest BCUT2D eigenvalue weighted by Gasteiger charge is -2.16. The number of rotatable bonds is 6. The van der Waals surface area contributed by atoms with Crippen molar-refractivity contribution in [1.82, 2.24) is 5.32 Å². The third kappa shape index (κ3) is 5.71. The predicted molar refractivity (Wildman–Crippen MR) is 91.6 cm³/mol. The highest BCUT2D eigenvalue weighted by Gasteiger charge is 2.08. The van der Waals surface area contributed by atoms with E-state index in [1.54, 1.807) is 31.4 Å². The average molecular weight is 335 g/mol. The van der Waals surface area contributed by atoms with Crippen LogP contribution in [0.5, 0.6) is 11.5 Å². The Hall–Kier alpha value is -2.40. The summed E-state index contributed by atoms with van der Waals surface area (Å²) in [5.74, 6) is 1.49. The monoisotopic (exact) mass is 334 g/mol. The summed E-state index contributed by atoms with van der Waals surface area (Å²) in [7, 11) is 1.61. The zero-order valence-corrected chi connectivity index (χ0v) is 13.8. The van der Waals surface area contributed by atoms with Crippen molar-refractivity contribution in [2.24, 2.45) is 0 Å². The molecule has 2 rings (SSSR count). The summed E-state index contributed by atoms with van der Waals surface area (Å²) < 4.78 is 10.7. The van der Waals surface area contributed by atoms with Crippen LogP contribution in [0.25, 0.3) is 0 Å². The maximum atomic E-state index is 11.9. The third-order valence-electron chi connectivity index (χ3n) is 3.04. The highest BCUT2D eigenvalue weighted by Crippen LogP contribution is 2.17. The highest BCUT2D eigenvalue weighted by molar-refractivity contribution is 6.30. The minimum atomic E-state index is -0.293. The normalized spacial score (nSPS) is 11.4. The van der Waals surface area contributed by atoms with Gasteiger partial charge < -0.3 is 20.1 Å². The zero-order valence-electron chi connectivity index (χ0n) is 13.0. The molecule has 122 valence electrons. The van der Waals surface area contributed by atoms with Crippen molar-refractivity contribution in [2.75, 3.05) is 19.0 Å². The molecular formula is C17H19ClN2O3. The molecule has 0 fully saturated rings. The van der Waals surface area contributed by atoms with Crippen LogP contribution in [-0.4, -0.2) is 25.8 Å². The summed E-state index contributed by atoms with van der Waals surface area (Å²) in [5, 5.41) is 6.16. The Balaban J connectivity index is 1.75. The predicted octanol–water partition coefficient (Wildman–Crippen LogP) is 3.94. The number of anilines is 1. The van der Waals surface area contributed by atoms with E-state index >= 15 is 0 Å². The van der Waals surface area contributed by atoms with Crippen LogP contribution in [0.2, 0.25) is 5.02 Å². The second-order valence-electron chi connectivity index (χ2n) is 4.99. The molecule has 0 spiro atoms. The first-order valence-electron chi connectivity index (χ1n) is 7.17. The van der Waals surface area contributed by atoms with Crippen molar-refractivity contribution in [3.63, 3.8) is 0 Å². The fourth-order valence-electron chi connectivity index (χ4n) is 1.86. The Kier molecular flexibility index (Phi) is 6.11. The molecule has 2 N–H and O–H groups in total. The molecule has 2 aromatic rings. The number of hydrogen-bond donors (Lipinski definition) is 2. The van der Waals surface area contributed by atoms with E-state index in [4.69, 9.17) is 21.1 Å². The number of carbonyl (C=O) groups is 1. The molecule has 0 bridgehead atoms. The van der Waals surface area contributed by atoms with E-state index < -0.39 is 0 Å². The van der Waals surface area contributed by atoms with Crippen LogP contribution >= 0.6 is 11.6 Å². The molecule has 6 heteroatoms. The number of urea groups is 1. The van der Waals surface area contributed by atoms with E-state index in [2.05, 4.69) is 10.6 Å². The molecule has 0 aliphatic rings. The Morgan fingerprint density at radius 3 is 2.30 bits per heavy atom. The van der Waals surface area contributed by atoms with Gasteiger partial charge in [0.2, 0.25) is 0 Å². The standard InChI is InChI=1S/C17H19ClN2O3/c1-12(11-23-16-9-7-15(22-2)8-10-16)19-17(21)20-14-5-3-13(18)4-6-14/h3-10,12H,11H2,1-2H3,(H2,19,20,21). The summed E-state index contributed by atoms with van der Waals surface area (Å²) >= 11 is 5.80. The van der Waals surface area contributed by atoms with E-state index in [9.17, 15) is 4.79 Å². The summed E-state index contributed by atoms with van der Waals surface area (Å²) in [4.78, 5) is 11.9. The van der Waals surface area contributed by atoms with Gasteiger partial charge >= 0.3 is 6.03 Å². The largest absolute Gasteiger partial charge is 0.497 e. The number of carbonyl (C=O) groups excluding carboxylic acids is 1. The van der Waals surface area contributed by atoms with E-state index in [-0.39, 0.29) is 12.1 Å². The van der Waals surface area contributed by atoms with Crippen LogP contribution in [0.15, 0.2) is 48.5 Å². The van der Waals surface area contributed by atoms with E-state index in [0.29, 0.717) is 17.3 Å². The van der Waals surface area contributed by atoms with Crippen molar-refractivity contribution in [3.05, 3.63) is 53.6 Å². The van der Waals surface area contributed by atoms with Gasteiger partial charge in [0.05, 0.1) is 13.2 Å². The number of hydrogen-bond acceptors (Lipinski definition) is 3. The van der Waals surface area contributed by atoms with Gasteiger partial charge in [0, 0.05) is 10.7 Å². The average Bonchev–Trinajstić information content (AvgIpc) is 2.55. The summed E-state index contributed by atoms with van der Waals surface area (Å²) in [5.41, 5.74) is 0.676. The van der Waals surface area contributed by atoms with Gasteiger partial charge in [0.15, 0.2) is 0 Å². The molecule has 1 unspecified atom stereocenters. The van der Waals surface area contributed by atoms with Crippen LogP contribution in [0.1, 0.15) is 6.92 Å². The number of benzene rings is 2. The van der Waals surface area contributed by atoms with Crippen molar-refractivity contribution >= 4 is 23.3 Å². The van der Waals surface area contributed by atoms with E-state index in [1.807, 2.05) is 31.2 Å². The van der Waals surface area contributed by atoms with Gasteiger partial charge in [-0.15, -0.1) is 0 Å². The number of amides is 2. The van der Waals surface area contributed by atoms with Gasteiger partial charge in [-0.25, -0.2) is 4.79 Å². The number of ether oxygens (including phenoxy) is 2. The molecule has 2 aromatic carbocycles. The molecular weight excluding hydrogens is 316 g/mol. The SMILES string of the molecule is COc1ccc(OCC(C)NC(=O)Nc2ccc(Cl)cc2)cc1. The number of halogens is 1.